The Hall–Kier alpha value is -3.03. The monoisotopic (exact) mass is 346 g/mol. The molecule has 8 heteroatoms. The van der Waals surface area contributed by atoms with Crippen molar-refractivity contribution in [2.45, 2.75) is 6.54 Å². The summed E-state index contributed by atoms with van der Waals surface area (Å²) in [6.07, 6.45) is 1.63. The lowest BCUT2D eigenvalue weighted by molar-refractivity contribution is -0.121. The molecule has 2 heterocycles. The number of aromatic nitrogens is 1. The number of pyridine rings is 1. The molecule has 0 saturated carbocycles. The summed E-state index contributed by atoms with van der Waals surface area (Å²) in [6.45, 7) is 0.798. The summed E-state index contributed by atoms with van der Waals surface area (Å²) in [5, 5.41) is 2.69. The number of carbonyl (C=O) groups is 2. The molecule has 3 rings (SSSR count). The number of amides is 3. The first kappa shape index (κ1) is 16.8. The summed E-state index contributed by atoms with van der Waals surface area (Å²) >= 11 is 0. The number of urea groups is 1. The lowest BCUT2D eigenvalue weighted by Gasteiger charge is -2.18. The van der Waals surface area contributed by atoms with E-state index in [-0.39, 0.29) is 24.7 Å². The number of carbonyl (C=O) groups excluding carboxylic acids is 2. The smallest absolute Gasteiger partial charge is 0.325 e. The second kappa shape index (κ2) is 7.25. The molecule has 1 aromatic carbocycles. The fourth-order valence-electron chi connectivity index (χ4n) is 2.54. The van der Waals surface area contributed by atoms with Gasteiger partial charge in [0.05, 0.1) is 12.2 Å². The summed E-state index contributed by atoms with van der Waals surface area (Å²) in [4.78, 5) is 31.1. The minimum absolute atomic E-state index is 0.105. The molecule has 6 nitrogen and oxygen atoms in total. The van der Waals surface area contributed by atoms with Crippen LogP contribution < -0.4 is 10.2 Å². The molecule has 3 amide bonds. The standard InChI is InChI=1S/C17H16F2N4O2/c18-14-5-4-13(9-15(14)19)23-8-7-22(17(23)25)11-16(24)21-10-12-3-1-2-6-20-12/h1-6,9H,7-8,10-11H2,(H,21,24). The van der Waals surface area contributed by atoms with Crippen molar-refractivity contribution in [3.63, 3.8) is 0 Å². The van der Waals surface area contributed by atoms with Crippen LogP contribution in [0.3, 0.4) is 0 Å². The van der Waals surface area contributed by atoms with Gasteiger partial charge in [0.15, 0.2) is 11.6 Å². The van der Waals surface area contributed by atoms with Crippen LogP contribution in [0, 0.1) is 11.6 Å². The molecular formula is C17H16F2N4O2. The highest BCUT2D eigenvalue weighted by atomic mass is 19.2. The van der Waals surface area contributed by atoms with Gasteiger partial charge in [-0.1, -0.05) is 6.07 Å². The number of hydrogen-bond donors (Lipinski definition) is 1. The van der Waals surface area contributed by atoms with Crippen LogP contribution in [0.1, 0.15) is 5.69 Å². The van der Waals surface area contributed by atoms with Crippen molar-refractivity contribution in [2.75, 3.05) is 24.5 Å². The van der Waals surface area contributed by atoms with Gasteiger partial charge in [-0.2, -0.15) is 0 Å². The number of anilines is 1. The van der Waals surface area contributed by atoms with E-state index in [4.69, 9.17) is 0 Å². The van der Waals surface area contributed by atoms with Gasteiger partial charge in [0.2, 0.25) is 5.91 Å². The summed E-state index contributed by atoms with van der Waals surface area (Å²) in [5.74, 6) is -2.30. The Morgan fingerprint density at radius 2 is 2.00 bits per heavy atom. The number of rotatable bonds is 5. The Morgan fingerprint density at radius 1 is 1.16 bits per heavy atom. The lowest BCUT2D eigenvalue weighted by atomic mass is 10.3. The highest BCUT2D eigenvalue weighted by molar-refractivity contribution is 5.96. The van der Waals surface area contributed by atoms with Crippen molar-refractivity contribution in [1.82, 2.24) is 15.2 Å². The Balaban J connectivity index is 1.56. The van der Waals surface area contributed by atoms with Gasteiger partial charge in [0.1, 0.15) is 6.54 Å². The molecule has 1 saturated heterocycles. The van der Waals surface area contributed by atoms with Crippen molar-refractivity contribution in [1.29, 1.82) is 0 Å². The van der Waals surface area contributed by atoms with Gasteiger partial charge in [-0.3, -0.25) is 14.7 Å². The molecule has 25 heavy (non-hydrogen) atoms. The molecule has 0 spiro atoms. The van der Waals surface area contributed by atoms with Crippen LogP contribution in [0.2, 0.25) is 0 Å². The largest absolute Gasteiger partial charge is 0.349 e. The molecule has 1 N–H and O–H groups in total. The quantitative estimate of drug-likeness (QED) is 0.900. The number of nitrogens with zero attached hydrogens (tertiary/aromatic N) is 3. The summed E-state index contributed by atoms with van der Waals surface area (Å²) in [6, 6.07) is 8.24. The molecule has 1 aromatic heterocycles. The Labute approximate surface area is 143 Å². The van der Waals surface area contributed by atoms with E-state index < -0.39 is 17.7 Å². The zero-order chi connectivity index (χ0) is 17.8. The third-order valence-corrected chi connectivity index (χ3v) is 3.84. The van der Waals surface area contributed by atoms with Gasteiger partial charge in [-0.15, -0.1) is 0 Å². The predicted octanol–water partition coefficient (Wildman–Crippen LogP) is 1.92. The summed E-state index contributed by atoms with van der Waals surface area (Å²) < 4.78 is 26.3. The Kier molecular flexibility index (Phi) is 4.87. The SMILES string of the molecule is O=C(CN1CCN(c2ccc(F)c(F)c2)C1=O)NCc1ccccn1. The predicted molar refractivity (Wildman–Crippen MR) is 86.8 cm³/mol. The molecule has 1 aliphatic rings. The Morgan fingerprint density at radius 3 is 2.72 bits per heavy atom. The first-order valence-corrected chi connectivity index (χ1v) is 7.72. The van der Waals surface area contributed by atoms with Gasteiger partial charge in [0.25, 0.3) is 0 Å². The average molecular weight is 346 g/mol. The lowest BCUT2D eigenvalue weighted by Crippen LogP contribution is -2.39. The third-order valence-electron chi connectivity index (χ3n) is 3.84. The van der Waals surface area contributed by atoms with Crippen molar-refractivity contribution in [3.05, 3.63) is 59.9 Å². The third kappa shape index (κ3) is 3.90. The fraction of sp³-hybridized carbons (Fsp3) is 0.235. The van der Waals surface area contributed by atoms with Crippen molar-refractivity contribution in [2.24, 2.45) is 0 Å². The van der Waals surface area contributed by atoms with Crippen LogP contribution in [0.5, 0.6) is 0 Å². The van der Waals surface area contributed by atoms with Crippen molar-refractivity contribution in [3.8, 4) is 0 Å². The van der Waals surface area contributed by atoms with Gasteiger partial charge in [-0.05, 0) is 24.3 Å². The Bertz CT molecular complexity index is 785. The van der Waals surface area contributed by atoms with E-state index in [1.54, 1.807) is 18.3 Å². The summed E-state index contributed by atoms with van der Waals surface area (Å²) in [7, 11) is 0. The molecule has 0 aliphatic carbocycles. The first-order chi connectivity index (χ1) is 12.0. The molecule has 0 unspecified atom stereocenters. The maximum absolute atomic E-state index is 13.3. The molecule has 2 aromatic rings. The molecule has 1 fully saturated rings. The van der Waals surface area contributed by atoms with E-state index in [9.17, 15) is 18.4 Å². The maximum Gasteiger partial charge on any atom is 0.325 e. The molecule has 0 atom stereocenters. The summed E-state index contributed by atoms with van der Waals surface area (Å²) in [5.41, 5.74) is 0.979. The number of hydrogen-bond acceptors (Lipinski definition) is 3. The van der Waals surface area contributed by atoms with Crippen LogP contribution >= 0.6 is 0 Å². The second-order valence-corrected chi connectivity index (χ2v) is 5.55. The molecular weight excluding hydrogens is 330 g/mol. The van der Waals surface area contributed by atoms with E-state index >= 15 is 0 Å². The highest BCUT2D eigenvalue weighted by Crippen LogP contribution is 2.22. The van der Waals surface area contributed by atoms with E-state index in [2.05, 4.69) is 10.3 Å². The van der Waals surface area contributed by atoms with E-state index in [0.717, 1.165) is 12.1 Å². The van der Waals surface area contributed by atoms with Crippen LogP contribution in [-0.2, 0) is 11.3 Å². The van der Waals surface area contributed by atoms with Crippen LogP contribution in [0.4, 0.5) is 19.3 Å². The molecule has 0 bridgehead atoms. The van der Waals surface area contributed by atoms with E-state index in [1.807, 2.05) is 6.07 Å². The number of nitrogens with one attached hydrogen (secondary N) is 1. The number of benzene rings is 1. The van der Waals surface area contributed by atoms with Gasteiger partial charge in [-0.25, -0.2) is 13.6 Å². The van der Waals surface area contributed by atoms with Crippen molar-refractivity contribution >= 4 is 17.6 Å². The zero-order valence-corrected chi connectivity index (χ0v) is 13.3. The average Bonchev–Trinajstić information content (AvgIpc) is 2.97. The van der Waals surface area contributed by atoms with Crippen LogP contribution in [0.15, 0.2) is 42.6 Å². The van der Waals surface area contributed by atoms with Crippen LogP contribution in [0.25, 0.3) is 0 Å². The normalized spacial score (nSPS) is 14.1. The van der Waals surface area contributed by atoms with E-state index in [1.165, 1.54) is 15.9 Å². The molecule has 1 aliphatic heterocycles. The van der Waals surface area contributed by atoms with Crippen LogP contribution in [-0.4, -0.2) is 41.5 Å². The van der Waals surface area contributed by atoms with Crippen molar-refractivity contribution < 1.29 is 18.4 Å². The second-order valence-electron chi connectivity index (χ2n) is 5.55. The minimum Gasteiger partial charge on any atom is -0.349 e. The molecule has 0 radical (unpaired) electrons. The zero-order valence-electron chi connectivity index (χ0n) is 13.3. The van der Waals surface area contributed by atoms with Gasteiger partial charge >= 0.3 is 6.03 Å². The molecule has 130 valence electrons. The first-order valence-electron chi connectivity index (χ1n) is 7.72. The van der Waals surface area contributed by atoms with Gasteiger partial charge in [0, 0.05) is 31.0 Å². The minimum atomic E-state index is -1.02. The topological polar surface area (TPSA) is 65.5 Å². The maximum atomic E-state index is 13.3. The highest BCUT2D eigenvalue weighted by Gasteiger charge is 2.31. The van der Waals surface area contributed by atoms with Gasteiger partial charge < -0.3 is 10.2 Å². The van der Waals surface area contributed by atoms with E-state index in [0.29, 0.717) is 18.8 Å². The number of halogens is 2. The fourth-order valence-corrected chi connectivity index (χ4v) is 2.54.